The average molecular weight is 418 g/mol. The second kappa shape index (κ2) is 11.0. The van der Waals surface area contributed by atoms with E-state index >= 15 is 0 Å². The molecule has 0 aromatic heterocycles. The first-order chi connectivity index (χ1) is 14.3. The van der Waals surface area contributed by atoms with Crippen molar-refractivity contribution in [3.05, 3.63) is 29.8 Å². The van der Waals surface area contributed by atoms with Gasteiger partial charge in [0, 0.05) is 31.1 Å². The van der Waals surface area contributed by atoms with Crippen LogP contribution in [-0.4, -0.2) is 54.9 Å². The van der Waals surface area contributed by atoms with Gasteiger partial charge in [0.05, 0.1) is 7.11 Å². The van der Waals surface area contributed by atoms with Crippen molar-refractivity contribution in [2.75, 3.05) is 20.2 Å². The Balaban J connectivity index is 2.13. The van der Waals surface area contributed by atoms with Gasteiger partial charge in [-0.25, -0.2) is 0 Å². The smallest absolute Gasteiger partial charge is 0.251 e. The molecular weight excluding hydrogens is 382 g/mol. The zero-order valence-corrected chi connectivity index (χ0v) is 18.7. The van der Waals surface area contributed by atoms with Gasteiger partial charge in [-0.2, -0.15) is 0 Å². The van der Waals surface area contributed by atoms with Crippen molar-refractivity contribution in [1.82, 2.24) is 15.5 Å². The summed E-state index contributed by atoms with van der Waals surface area (Å²) in [6.07, 6.45) is 1.85. The van der Waals surface area contributed by atoms with E-state index < -0.39 is 6.04 Å². The van der Waals surface area contributed by atoms with Crippen molar-refractivity contribution in [2.45, 2.75) is 59.0 Å². The normalized spacial score (nSPS) is 16.7. The van der Waals surface area contributed by atoms with E-state index in [9.17, 15) is 14.4 Å². The van der Waals surface area contributed by atoms with Crippen LogP contribution in [-0.2, 0) is 9.59 Å². The van der Waals surface area contributed by atoms with E-state index in [1.54, 1.807) is 31.4 Å². The summed E-state index contributed by atoms with van der Waals surface area (Å²) >= 11 is 0. The maximum absolute atomic E-state index is 13.1. The molecule has 166 valence electrons. The largest absolute Gasteiger partial charge is 0.497 e. The first kappa shape index (κ1) is 23.7. The highest BCUT2D eigenvalue weighted by atomic mass is 16.5. The number of amides is 3. The fourth-order valence-electron chi connectivity index (χ4n) is 3.55. The number of hydrogen-bond donors (Lipinski definition) is 2. The van der Waals surface area contributed by atoms with Crippen LogP contribution >= 0.6 is 0 Å². The first-order valence-corrected chi connectivity index (χ1v) is 10.8. The molecule has 7 nitrogen and oxygen atoms in total. The Morgan fingerprint density at radius 1 is 1.07 bits per heavy atom. The maximum atomic E-state index is 13.1. The van der Waals surface area contributed by atoms with Gasteiger partial charge in [-0.05, 0) is 55.9 Å². The number of likely N-dealkylation sites (tertiary alicyclic amines) is 1. The van der Waals surface area contributed by atoms with Crippen molar-refractivity contribution < 1.29 is 19.1 Å². The van der Waals surface area contributed by atoms with Crippen LogP contribution in [0.5, 0.6) is 5.75 Å². The van der Waals surface area contributed by atoms with E-state index in [-0.39, 0.29) is 35.6 Å². The lowest BCUT2D eigenvalue weighted by Gasteiger charge is -2.36. The summed E-state index contributed by atoms with van der Waals surface area (Å²) < 4.78 is 5.14. The first-order valence-electron chi connectivity index (χ1n) is 10.8. The number of carbonyl (C=O) groups excluding carboxylic acids is 3. The Labute approximate surface area is 179 Å². The fourth-order valence-corrected chi connectivity index (χ4v) is 3.55. The van der Waals surface area contributed by atoms with E-state index in [1.807, 2.05) is 32.6 Å². The lowest BCUT2D eigenvalue weighted by Crippen LogP contribution is -2.55. The van der Waals surface area contributed by atoms with Gasteiger partial charge in [-0.3, -0.25) is 14.4 Å². The van der Waals surface area contributed by atoms with Crippen LogP contribution in [0, 0.1) is 11.8 Å². The molecule has 30 heavy (non-hydrogen) atoms. The van der Waals surface area contributed by atoms with Gasteiger partial charge in [0.25, 0.3) is 5.91 Å². The van der Waals surface area contributed by atoms with Gasteiger partial charge in [-0.1, -0.05) is 20.8 Å². The van der Waals surface area contributed by atoms with Crippen LogP contribution in [0.4, 0.5) is 0 Å². The maximum Gasteiger partial charge on any atom is 0.251 e. The predicted molar refractivity (Wildman–Crippen MR) is 116 cm³/mol. The Hall–Kier alpha value is -2.57. The summed E-state index contributed by atoms with van der Waals surface area (Å²) in [7, 11) is 1.57. The third-order valence-electron chi connectivity index (χ3n) is 5.96. The molecule has 2 N–H and O–H groups in total. The molecule has 0 bridgehead atoms. The molecule has 2 rings (SSSR count). The summed E-state index contributed by atoms with van der Waals surface area (Å²) in [6, 6.07) is 6.17. The molecule has 1 aliphatic heterocycles. The summed E-state index contributed by atoms with van der Waals surface area (Å²) in [4.78, 5) is 39.7. The van der Waals surface area contributed by atoms with E-state index in [4.69, 9.17) is 4.74 Å². The second-order valence-electron chi connectivity index (χ2n) is 8.29. The molecule has 0 radical (unpaired) electrons. The van der Waals surface area contributed by atoms with Crippen molar-refractivity contribution in [1.29, 1.82) is 0 Å². The number of methoxy groups -OCH3 is 1. The summed E-state index contributed by atoms with van der Waals surface area (Å²) in [5, 5.41) is 5.99. The Morgan fingerprint density at radius 2 is 1.67 bits per heavy atom. The van der Waals surface area contributed by atoms with Crippen molar-refractivity contribution >= 4 is 17.7 Å². The van der Waals surface area contributed by atoms with Crippen molar-refractivity contribution in [2.24, 2.45) is 11.8 Å². The number of piperidine rings is 1. The molecule has 1 saturated heterocycles. The van der Waals surface area contributed by atoms with Crippen LogP contribution < -0.4 is 15.4 Å². The molecule has 7 heteroatoms. The van der Waals surface area contributed by atoms with E-state index in [1.165, 1.54) is 0 Å². The highest BCUT2D eigenvalue weighted by molar-refractivity contribution is 5.97. The lowest BCUT2D eigenvalue weighted by molar-refractivity contribution is -0.132. The fraction of sp³-hybridized carbons (Fsp3) is 0.609. The average Bonchev–Trinajstić information content (AvgIpc) is 2.76. The quantitative estimate of drug-likeness (QED) is 0.681. The summed E-state index contributed by atoms with van der Waals surface area (Å²) in [5.41, 5.74) is 0.476. The molecule has 1 aromatic rings. The Bertz CT molecular complexity index is 724. The number of nitrogens with zero attached hydrogens (tertiary/aromatic N) is 1. The molecule has 0 saturated carbocycles. The molecule has 1 aromatic carbocycles. The molecule has 1 fully saturated rings. The van der Waals surface area contributed by atoms with Crippen LogP contribution in [0.3, 0.4) is 0 Å². The summed E-state index contributed by atoms with van der Waals surface area (Å²) in [5.74, 6) is 0.605. The van der Waals surface area contributed by atoms with Crippen LogP contribution in [0.1, 0.15) is 57.3 Å². The Kier molecular flexibility index (Phi) is 8.69. The van der Waals surface area contributed by atoms with Crippen molar-refractivity contribution in [3.63, 3.8) is 0 Å². The van der Waals surface area contributed by atoms with Crippen LogP contribution in [0.25, 0.3) is 0 Å². The highest BCUT2D eigenvalue weighted by Gasteiger charge is 2.34. The molecule has 3 amide bonds. The van der Waals surface area contributed by atoms with Gasteiger partial charge < -0.3 is 20.3 Å². The number of nitrogens with one attached hydrogen (secondary N) is 2. The summed E-state index contributed by atoms with van der Waals surface area (Å²) in [6.45, 7) is 9.13. The molecular formula is C23H35N3O4. The van der Waals surface area contributed by atoms with Crippen LogP contribution in [0.2, 0.25) is 0 Å². The second-order valence-corrected chi connectivity index (χ2v) is 8.29. The lowest BCUT2D eigenvalue weighted by atomic mass is 9.88. The van der Waals surface area contributed by atoms with Gasteiger partial charge in [-0.15, -0.1) is 0 Å². The minimum atomic E-state index is -0.639. The van der Waals surface area contributed by atoms with Gasteiger partial charge in [0.2, 0.25) is 11.8 Å². The number of ether oxygens (including phenoxy) is 1. The monoisotopic (exact) mass is 417 g/mol. The molecule has 2 atom stereocenters. The number of rotatable bonds is 8. The molecule has 0 aliphatic carbocycles. The highest BCUT2D eigenvalue weighted by Crippen LogP contribution is 2.23. The molecule has 1 aliphatic rings. The SMILES string of the molecule is CCC(=O)N1CCC([C@H](NC(=O)c2ccc(OC)cc2)C(=O)N[C@H](C)C(C)C)CC1. The molecule has 0 spiro atoms. The number of benzene rings is 1. The van der Waals surface area contributed by atoms with E-state index in [2.05, 4.69) is 10.6 Å². The van der Waals surface area contributed by atoms with Gasteiger partial charge >= 0.3 is 0 Å². The third-order valence-corrected chi connectivity index (χ3v) is 5.96. The van der Waals surface area contributed by atoms with Crippen LogP contribution in [0.15, 0.2) is 24.3 Å². The zero-order chi connectivity index (χ0) is 22.3. The van der Waals surface area contributed by atoms with Crippen molar-refractivity contribution in [3.8, 4) is 5.75 Å². The van der Waals surface area contributed by atoms with E-state index in [0.717, 1.165) is 0 Å². The standard InChI is InChI=1S/C23H35N3O4/c1-6-20(27)26-13-11-17(12-14-26)21(23(29)24-16(4)15(2)3)25-22(28)18-7-9-19(30-5)10-8-18/h7-10,15-17,21H,6,11-14H2,1-5H3,(H,24,29)(H,25,28)/t16-,21+/m1/s1. The minimum absolute atomic E-state index is 0.000327. The minimum Gasteiger partial charge on any atom is -0.497 e. The number of hydrogen-bond acceptors (Lipinski definition) is 4. The topological polar surface area (TPSA) is 87.7 Å². The molecule has 1 heterocycles. The molecule has 0 unspecified atom stereocenters. The van der Waals surface area contributed by atoms with Gasteiger partial charge in [0.15, 0.2) is 0 Å². The Morgan fingerprint density at radius 3 is 2.17 bits per heavy atom. The third kappa shape index (κ3) is 6.21. The number of carbonyl (C=O) groups is 3. The van der Waals surface area contributed by atoms with E-state index in [0.29, 0.717) is 43.7 Å². The predicted octanol–water partition coefficient (Wildman–Crippen LogP) is 2.60. The van der Waals surface area contributed by atoms with Gasteiger partial charge in [0.1, 0.15) is 11.8 Å². The zero-order valence-electron chi connectivity index (χ0n) is 18.7.